The lowest BCUT2D eigenvalue weighted by Gasteiger charge is -2.37. The van der Waals surface area contributed by atoms with Gasteiger partial charge in [-0.25, -0.2) is 4.98 Å². The molecule has 2 aromatic rings. The molecule has 1 aromatic heterocycles. The fourth-order valence-electron chi connectivity index (χ4n) is 2.66. The molecule has 1 aromatic carbocycles. The Morgan fingerprint density at radius 3 is 3.00 bits per heavy atom. The smallest absolute Gasteiger partial charge is 0.108 e. The molecule has 108 valence electrons. The summed E-state index contributed by atoms with van der Waals surface area (Å²) in [6.45, 7) is 5.36. The maximum absolute atomic E-state index is 4.66. The summed E-state index contributed by atoms with van der Waals surface area (Å²) in [6, 6.07) is 8.94. The molecule has 1 aliphatic heterocycles. The lowest BCUT2D eigenvalue weighted by molar-refractivity contribution is 0.113. The van der Waals surface area contributed by atoms with Gasteiger partial charge in [0.1, 0.15) is 5.01 Å². The second kappa shape index (κ2) is 6.18. The zero-order chi connectivity index (χ0) is 13.9. The summed E-state index contributed by atoms with van der Waals surface area (Å²) >= 11 is 1.79. The first-order chi connectivity index (χ1) is 9.72. The van der Waals surface area contributed by atoms with Crippen LogP contribution in [-0.2, 0) is 6.54 Å². The van der Waals surface area contributed by atoms with Crippen LogP contribution in [0.5, 0.6) is 0 Å². The lowest BCUT2D eigenvalue weighted by Crippen LogP contribution is -2.53. The van der Waals surface area contributed by atoms with Crippen LogP contribution in [0.4, 0.5) is 0 Å². The van der Waals surface area contributed by atoms with Gasteiger partial charge < -0.3 is 10.2 Å². The molecular weight excluding hydrogens is 268 g/mol. The van der Waals surface area contributed by atoms with Crippen LogP contribution in [0.1, 0.15) is 5.01 Å². The van der Waals surface area contributed by atoms with Crippen molar-refractivity contribution in [2.75, 3.05) is 40.3 Å². The van der Waals surface area contributed by atoms with Crippen molar-refractivity contribution < 1.29 is 0 Å². The average molecular weight is 290 g/mol. The number of nitrogens with one attached hydrogen (secondary N) is 1. The van der Waals surface area contributed by atoms with E-state index in [1.165, 1.54) is 16.3 Å². The number of nitrogens with zero attached hydrogens (tertiary/aromatic N) is 3. The minimum absolute atomic E-state index is 0.600. The minimum atomic E-state index is 0.600. The third kappa shape index (κ3) is 3.17. The molecule has 1 unspecified atom stereocenters. The number of fused-ring (bicyclic) bond motifs is 1. The first-order valence-corrected chi connectivity index (χ1v) is 7.98. The molecule has 0 amide bonds. The van der Waals surface area contributed by atoms with Crippen LogP contribution in [-0.4, -0.2) is 61.1 Å². The zero-order valence-electron chi connectivity index (χ0n) is 12.2. The number of rotatable bonds is 4. The van der Waals surface area contributed by atoms with Gasteiger partial charge in [0.25, 0.3) is 0 Å². The summed E-state index contributed by atoms with van der Waals surface area (Å²) in [5.41, 5.74) is 1.11. The van der Waals surface area contributed by atoms with Crippen LogP contribution in [0.3, 0.4) is 0 Å². The van der Waals surface area contributed by atoms with Crippen LogP contribution in [0.2, 0.25) is 0 Å². The van der Waals surface area contributed by atoms with Crippen molar-refractivity contribution in [1.29, 1.82) is 0 Å². The van der Waals surface area contributed by atoms with Gasteiger partial charge in [-0.2, -0.15) is 0 Å². The minimum Gasteiger partial charge on any atom is -0.309 e. The van der Waals surface area contributed by atoms with Gasteiger partial charge >= 0.3 is 0 Å². The van der Waals surface area contributed by atoms with Crippen molar-refractivity contribution >= 4 is 21.6 Å². The van der Waals surface area contributed by atoms with Crippen LogP contribution in [0.25, 0.3) is 10.2 Å². The lowest BCUT2D eigenvalue weighted by atomic mass is 10.2. The third-order valence-corrected chi connectivity index (χ3v) is 5.01. The van der Waals surface area contributed by atoms with Crippen LogP contribution >= 0.6 is 11.3 Å². The topological polar surface area (TPSA) is 31.4 Å². The Balaban J connectivity index is 1.54. The van der Waals surface area contributed by atoms with E-state index in [0.717, 1.165) is 31.7 Å². The number of para-hydroxylation sites is 1. The molecule has 0 aliphatic carbocycles. The Morgan fingerprint density at radius 1 is 1.30 bits per heavy atom. The van der Waals surface area contributed by atoms with Crippen molar-refractivity contribution in [2.24, 2.45) is 0 Å². The number of thiazole rings is 1. The van der Waals surface area contributed by atoms with Crippen LogP contribution < -0.4 is 5.32 Å². The Kier molecular flexibility index (Phi) is 4.31. The van der Waals surface area contributed by atoms with E-state index in [1.807, 2.05) is 6.07 Å². The highest BCUT2D eigenvalue weighted by Crippen LogP contribution is 2.21. The number of likely N-dealkylation sites (N-methyl/N-ethyl adjacent to an activating group) is 2. The van der Waals surface area contributed by atoms with Crippen molar-refractivity contribution in [2.45, 2.75) is 12.6 Å². The molecule has 1 aliphatic rings. The normalized spacial score (nSPS) is 21.6. The molecule has 2 heterocycles. The molecule has 4 nitrogen and oxygen atoms in total. The largest absolute Gasteiger partial charge is 0.309 e. The summed E-state index contributed by atoms with van der Waals surface area (Å²) in [7, 11) is 4.42. The number of benzene rings is 1. The second-order valence-electron chi connectivity index (χ2n) is 5.60. The molecule has 3 rings (SSSR count). The molecule has 0 saturated carbocycles. The molecule has 1 fully saturated rings. The van der Waals surface area contributed by atoms with Gasteiger partial charge in [0.05, 0.1) is 10.2 Å². The molecule has 0 bridgehead atoms. The highest BCUT2D eigenvalue weighted by molar-refractivity contribution is 7.18. The van der Waals surface area contributed by atoms with Crippen molar-refractivity contribution in [3.63, 3.8) is 0 Å². The van der Waals surface area contributed by atoms with Gasteiger partial charge in [-0.3, -0.25) is 4.90 Å². The third-order valence-electron chi connectivity index (χ3n) is 3.97. The fourth-order valence-corrected chi connectivity index (χ4v) is 3.60. The van der Waals surface area contributed by atoms with Crippen molar-refractivity contribution in [1.82, 2.24) is 20.1 Å². The summed E-state index contributed by atoms with van der Waals surface area (Å²) < 4.78 is 1.28. The predicted molar refractivity (Wildman–Crippen MR) is 85.2 cm³/mol. The monoisotopic (exact) mass is 290 g/mol. The number of piperazine rings is 1. The maximum Gasteiger partial charge on any atom is 0.108 e. The maximum atomic E-state index is 4.66. The van der Waals surface area contributed by atoms with Gasteiger partial charge in [-0.1, -0.05) is 12.1 Å². The summed E-state index contributed by atoms with van der Waals surface area (Å²) in [5.74, 6) is 0. The number of hydrogen-bond acceptors (Lipinski definition) is 5. The van der Waals surface area contributed by atoms with E-state index in [9.17, 15) is 0 Å². The highest BCUT2D eigenvalue weighted by atomic mass is 32.1. The molecular formula is C15H22N4S. The molecule has 5 heteroatoms. The Hall–Kier alpha value is -1.01. The van der Waals surface area contributed by atoms with Gasteiger partial charge in [0.2, 0.25) is 0 Å². The standard InChI is InChI=1S/C15H22N4S/c1-18-7-8-19(2)12(11-18)9-16-10-15-17-13-5-3-4-6-14(13)20-15/h3-6,12,16H,7-11H2,1-2H3. The first kappa shape index (κ1) is 13.9. The van der Waals surface area contributed by atoms with Crippen molar-refractivity contribution in [3.05, 3.63) is 29.3 Å². The average Bonchev–Trinajstić information content (AvgIpc) is 2.85. The van der Waals surface area contributed by atoms with E-state index in [4.69, 9.17) is 0 Å². The zero-order valence-corrected chi connectivity index (χ0v) is 13.0. The molecule has 1 N–H and O–H groups in total. The predicted octanol–water partition coefficient (Wildman–Crippen LogP) is 1.63. The Morgan fingerprint density at radius 2 is 2.15 bits per heavy atom. The summed E-state index contributed by atoms with van der Waals surface area (Å²) in [5, 5.41) is 4.74. The van der Waals surface area contributed by atoms with Gasteiger partial charge in [-0.05, 0) is 26.2 Å². The SMILES string of the molecule is CN1CCN(C)C(CNCc2nc3ccccc3s2)C1. The van der Waals surface area contributed by atoms with Crippen LogP contribution in [0.15, 0.2) is 24.3 Å². The molecule has 20 heavy (non-hydrogen) atoms. The quantitative estimate of drug-likeness (QED) is 0.927. The summed E-state index contributed by atoms with van der Waals surface area (Å²) in [4.78, 5) is 9.52. The Labute approximate surface area is 124 Å². The van der Waals surface area contributed by atoms with E-state index in [2.05, 4.69) is 52.4 Å². The molecule has 1 atom stereocenters. The molecule has 0 spiro atoms. The Bertz CT molecular complexity index is 535. The van der Waals surface area contributed by atoms with Crippen molar-refractivity contribution in [3.8, 4) is 0 Å². The van der Waals surface area contributed by atoms with E-state index in [-0.39, 0.29) is 0 Å². The van der Waals surface area contributed by atoms with Gasteiger partial charge in [-0.15, -0.1) is 11.3 Å². The number of aromatic nitrogens is 1. The second-order valence-corrected chi connectivity index (χ2v) is 6.72. The van der Waals surface area contributed by atoms with E-state index in [1.54, 1.807) is 11.3 Å². The molecule has 0 radical (unpaired) electrons. The molecule has 1 saturated heterocycles. The van der Waals surface area contributed by atoms with E-state index < -0.39 is 0 Å². The van der Waals surface area contributed by atoms with Gasteiger partial charge in [0.15, 0.2) is 0 Å². The highest BCUT2D eigenvalue weighted by Gasteiger charge is 2.21. The van der Waals surface area contributed by atoms with E-state index in [0.29, 0.717) is 6.04 Å². The first-order valence-electron chi connectivity index (χ1n) is 7.16. The van der Waals surface area contributed by atoms with E-state index >= 15 is 0 Å². The summed E-state index contributed by atoms with van der Waals surface area (Å²) in [6.07, 6.45) is 0. The number of hydrogen-bond donors (Lipinski definition) is 1. The van der Waals surface area contributed by atoms with Gasteiger partial charge in [0, 0.05) is 38.8 Å². The fraction of sp³-hybridized carbons (Fsp3) is 0.533. The van der Waals surface area contributed by atoms with Crippen LogP contribution in [0, 0.1) is 0 Å².